The number of rotatable bonds is 3. The van der Waals surface area contributed by atoms with Gasteiger partial charge in [-0.15, -0.1) is 0 Å². The SMILES string of the molecule is Cc1cc(F)c(Br)cc1NC(=O)C(C)CN. The van der Waals surface area contributed by atoms with Crippen LogP contribution >= 0.6 is 15.9 Å². The number of amides is 1. The Morgan fingerprint density at radius 1 is 1.62 bits per heavy atom. The van der Waals surface area contributed by atoms with Crippen LogP contribution in [0.2, 0.25) is 0 Å². The number of aryl methyl sites for hydroxylation is 1. The highest BCUT2D eigenvalue weighted by Gasteiger charge is 2.13. The minimum atomic E-state index is -0.345. The van der Waals surface area contributed by atoms with E-state index in [1.807, 2.05) is 0 Å². The molecule has 0 aliphatic rings. The molecule has 1 atom stereocenters. The summed E-state index contributed by atoms with van der Waals surface area (Å²) >= 11 is 3.07. The number of nitrogens with one attached hydrogen (secondary N) is 1. The van der Waals surface area contributed by atoms with E-state index < -0.39 is 0 Å². The third-order valence-electron chi connectivity index (χ3n) is 2.33. The smallest absolute Gasteiger partial charge is 0.228 e. The molecular formula is C11H14BrFN2O. The fourth-order valence-electron chi connectivity index (χ4n) is 1.14. The zero-order valence-corrected chi connectivity index (χ0v) is 10.8. The van der Waals surface area contributed by atoms with Crippen LogP contribution in [0.15, 0.2) is 16.6 Å². The summed E-state index contributed by atoms with van der Waals surface area (Å²) in [6.45, 7) is 3.76. The molecule has 0 aliphatic carbocycles. The van der Waals surface area contributed by atoms with E-state index in [0.29, 0.717) is 15.7 Å². The van der Waals surface area contributed by atoms with Gasteiger partial charge >= 0.3 is 0 Å². The van der Waals surface area contributed by atoms with Crippen LogP contribution in [0.25, 0.3) is 0 Å². The molecular weight excluding hydrogens is 275 g/mol. The molecule has 5 heteroatoms. The van der Waals surface area contributed by atoms with Crippen LogP contribution in [0.5, 0.6) is 0 Å². The molecule has 1 rings (SSSR count). The topological polar surface area (TPSA) is 55.1 Å². The molecule has 1 aromatic carbocycles. The first-order valence-corrected chi connectivity index (χ1v) is 5.71. The molecule has 0 aliphatic heterocycles. The van der Waals surface area contributed by atoms with Crippen LogP contribution in [-0.4, -0.2) is 12.5 Å². The molecule has 16 heavy (non-hydrogen) atoms. The molecule has 3 N–H and O–H groups in total. The number of hydrogen-bond donors (Lipinski definition) is 2. The van der Waals surface area contributed by atoms with Crippen molar-refractivity contribution in [3.8, 4) is 0 Å². The highest BCUT2D eigenvalue weighted by molar-refractivity contribution is 9.10. The minimum absolute atomic E-state index is 0.163. The fourth-order valence-corrected chi connectivity index (χ4v) is 1.49. The lowest BCUT2D eigenvalue weighted by molar-refractivity contribution is -0.119. The van der Waals surface area contributed by atoms with Gasteiger partial charge in [0.25, 0.3) is 0 Å². The molecule has 0 radical (unpaired) electrons. The van der Waals surface area contributed by atoms with Crippen molar-refractivity contribution in [3.05, 3.63) is 28.0 Å². The van der Waals surface area contributed by atoms with E-state index in [4.69, 9.17) is 5.73 Å². The molecule has 3 nitrogen and oxygen atoms in total. The van der Waals surface area contributed by atoms with Gasteiger partial charge < -0.3 is 11.1 Å². The van der Waals surface area contributed by atoms with Crippen molar-refractivity contribution in [1.29, 1.82) is 0 Å². The summed E-state index contributed by atoms with van der Waals surface area (Å²) in [7, 11) is 0. The van der Waals surface area contributed by atoms with Gasteiger partial charge in [-0.2, -0.15) is 0 Å². The number of carbonyl (C=O) groups excluding carboxylic acids is 1. The Kier molecular flexibility index (Phi) is 4.44. The van der Waals surface area contributed by atoms with E-state index in [1.165, 1.54) is 6.07 Å². The molecule has 88 valence electrons. The third kappa shape index (κ3) is 3.02. The van der Waals surface area contributed by atoms with Crippen LogP contribution < -0.4 is 11.1 Å². The van der Waals surface area contributed by atoms with Gasteiger partial charge in [0.05, 0.1) is 4.47 Å². The van der Waals surface area contributed by atoms with Gasteiger partial charge in [0.1, 0.15) is 5.82 Å². The van der Waals surface area contributed by atoms with E-state index in [2.05, 4.69) is 21.2 Å². The second-order valence-electron chi connectivity index (χ2n) is 3.71. The van der Waals surface area contributed by atoms with E-state index in [-0.39, 0.29) is 24.2 Å². The highest BCUT2D eigenvalue weighted by Crippen LogP contribution is 2.24. The van der Waals surface area contributed by atoms with Crippen molar-refractivity contribution < 1.29 is 9.18 Å². The van der Waals surface area contributed by atoms with Crippen molar-refractivity contribution in [2.24, 2.45) is 11.7 Å². The number of halogens is 2. The number of anilines is 1. The van der Waals surface area contributed by atoms with Crippen molar-refractivity contribution >= 4 is 27.5 Å². The predicted molar refractivity (Wildman–Crippen MR) is 65.7 cm³/mol. The number of nitrogens with two attached hydrogens (primary N) is 1. The van der Waals surface area contributed by atoms with Gasteiger partial charge in [-0.3, -0.25) is 4.79 Å². The number of benzene rings is 1. The molecule has 0 heterocycles. The minimum Gasteiger partial charge on any atom is -0.330 e. The second-order valence-corrected chi connectivity index (χ2v) is 4.56. The van der Waals surface area contributed by atoms with Crippen LogP contribution in [0.4, 0.5) is 10.1 Å². The molecule has 0 aromatic heterocycles. The Balaban J connectivity index is 2.90. The van der Waals surface area contributed by atoms with E-state index in [0.717, 1.165) is 0 Å². The summed E-state index contributed by atoms with van der Waals surface area (Å²) in [4.78, 5) is 11.6. The summed E-state index contributed by atoms with van der Waals surface area (Å²) in [6, 6.07) is 2.92. The fraction of sp³-hybridized carbons (Fsp3) is 0.364. The Labute approximate surface area is 102 Å². The molecule has 0 bridgehead atoms. The first kappa shape index (κ1) is 13.1. The number of carbonyl (C=O) groups is 1. The van der Waals surface area contributed by atoms with Crippen molar-refractivity contribution in [2.75, 3.05) is 11.9 Å². The zero-order valence-electron chi connectivity index (χ0n) is 9.18. The van der Waals surface area contributed by atoms with Gasteiger partial charge in [0, 0.05) is 18.2 Å². The monoisotopic (exact) mass is 288 g/mol. The van der Waals surface area contributed by atoms with Crippen LogP contribution in [-0.2, 0) is 4.79 Å². The van der Waals surface area contributed by atoms with Crippen LogP contribution in [0.1, 0.15) is 12.5 Å². The molecule has 0 saturated carbocycles. The normalized spacial score (nSPS) is 12.3. The van der Waals surface area contributed by atoms with Crippen molar-refractivity contribution in [2.45, 2.75) is 13.8 Å². The quantitative estimate of drug-likeness (QED) is 0.898. The summed E-state index contributed by atoms with van der Waals surface area (Å²) in [6.07, 6.45) is 0. The van der Waals surface area contributed by atoms with Crippen LogP contribution in [0.3, 0.4) is 0 Å². The standard InChI is InChI=1S/C11H14BrFN2O/c1-6-3-9(13)8(12)4-10(6)15-11(16)7(2)5-14/h3-4,7H,5,14H2,1-2H3,(H,15,16). The number of hydrogen-bond acceptors (Lipinski definition) is 2. The summed E-state index contributed by atoms with van der Waals surface area (Å²) in [5, 5.41) is 2.71. The molecule has 0 saturated heterocycles. The Bertz CT molecular complexity index is 409. The van der Waals surface area contributed by atoms with Gasteiger partial charge in [-0.25, -0.2) is 4.39 Å². The maximum absolute atomic E-state index is 13.1. The lowest BCUT2D eigenvalue weighted by Crippen LogP contribution is -2.27. The summed E-state index contributed by atoms with van der Waals surface area (Å²) in [5.41, 5.74) is 6.66. The first-order chi connectivity index (χ1) is 7.45. The lowest BCUT2D eigenvalue weighted by atomic mass is 10.1. The average Bonchev–Trinajstić information content (AvgIpc) is 2.24. The highest BCUT2D eigenvalue weighted by atomic mass is 79.9. The Hall–Kier alpha value is -0.940. The molecule has 1 amide bonds. The first-order valence-electron chi connectivity index (χ1n) is 4.92. The molecule has 0 fully saturated rings. The van der Waals surface area contributed by atoms with Crippen LogP contribution in [0, 0.1) is 18.7 Å². The maximum Gasteiger partial charge on any atom is 0.228 e. The summed E-state index contributed by atoms with van der Waals surface area (Å²) < 4.78 is 13.5. The molecule has 1 unspecified atom stereocenters. The molecule has 1 aromatic rings. The Morgan fingerprint density at radius 2 is 2.25 bits per heavy atom. The predicted octanol–water partition coefficient (Wildman–Crippen LogP) is 2.43. The van der Waals surface area contributed by atoms with E-state index >= 15 is 0 Å². The van der Waals surface area contributed by atoms with E-state index in [1.54, 1.807) is 19.9 Å². The lowest BCUT2D eigenvalue weighted by Gasteiger charge is -2.12. The van der Waals surface area contributed by atoms with Gasteiger partial charge in [0.2, 0.25) is 5.91 Å². The average molecular weight is 289 g/mol. The third-order valence-corrected chi connectivity index (χ3v) is 2.93. The molecule has 0 spiro atoms. The van der Waals surface area contributed by atoms with Crippen molar-refractivity contribution in [1.82, 2.24) is 0 Å². The van der Waals surface area contributed by atoms with Crippen molar-refractivity contribution in [3.63, 3.8) is 0 Å². The maximum atomic E-state index is 13.1. The summed E-state index contributed by atoms with van der Waals surface area (Å²) in [5.74, 6) is -0.769. The largest absolute Gasteiger partial charge is 0.330 e. The van der Waals surface area contributed by atoms with Gasteiger partial charge in [0.15, 0.2) is 0 Å². The Morgan fingerprint density at radius 3 is 2.81 bits per heavy atom. The van der Waals surface area contributed by atoms with E-state index in [9.17, 15) is 9.18 Å². The zero-order chi connectivity index (χ0) is 12.3. The van der Waals surface area contributed by atoms with Gasteiger partial charge in [-0.05, 0) is 40.5 Å². The second kappa shape index (κ2) is 5.41. The van der Waals surface area contributed by atoms with Gasteiger partial charge in [-0.1, -0.05) is 6.92 Å².